The lowest BCUT2D eigenvalue weighted by Gasteiger charge is -2.35. The molecule has 0 saturated heterocycles. The summed E-state index contributed by atoms with van der Waals surface area (Å²) in [5, 5.41) is 9.67. The molecule has 1 N–H and O–H groups in total. The molecule has 0 radical (unpaired) electrons. The molecule has 1 aromatic rings. The number of hydrogen-bond donors (Lipinski definition) is 1. The normalized spacial score (nSPS) is 13.4. The lowest BCUT2D eigenvalue weighted by Crippen LogP contribution is -2.54. The number of likely N-dealkylation sites (N-methyl/N-ethyl adjacent to an activating group) is 2. The standard InChI is InChI=1S/C23H36N2O6/c1-16(2)13-18(25(7)22(29)31-23(3,4)5)20(26)24(6)19(21(27)28)15-30-14-17-11-9-8-10-12-17/h8-12,16,18-19H,13-15H2,1-7H3,(H,27,28). The van der Waals surface area contributed by atoms with E-state index in [0.717, 1.165) is 10.5 Å². The summed E-state index contributed by atoms with van der Waals surface area (Å²) in [6.07, 6.45) is -0.261. The highest BCUT2D eigenvalue weighted by Crippen LogP contribution is 2.18. The molecule has 2 unspecified atom stereocenters. The highest BCUT2D eigenvalue weighted by atomic mass is 16.6. The Morgan fingerprint density at radius 3 is 2.06 bits per heavy atom. The van der Waals surface area contributed by atoms with E-state index in [2.05, 4.69) is 0 Å². The van der Waals surface area contributed by atoms with Crippen molar-refractivity contribution in [3.63, 3.8) is 0 Å². The van der Waals surface area contributed by atoms with Gasteiger partial charge in [0.05, 0.1) is 13.2 Å². The van der Waals surface area contributed by atoms with Gasteiger partial charge in [0.15, 0.2) is 6.04 Å². The fourth-order valence-electron chi connectivity index (χ4n) is 2.93. The molecule has 0 aliphatic heterocycles. The molecule has 31 heavy (non-hydrogen) atoms. The minimum absolute atomic E-state index is 0.102. The van der Waals surface area contributed by atoms with Crippen LogP contribution in [0.1, 0.15) is 46.6 Å². The average Bonchev–Trinajstić information content (AvgIpc) is 2.67. The fraction of sp³-hybridized carbons (Fsp3) is 0.609. The minimum Gasteiger partial charge on any atom is -0.480 e. The Kier molecular flexibility index (Phi) is 9.97. The van der Waals surface area contributed by atoms with Crippen molar-refractivity contribution in [3.05, 3.63) is 35.9 Å². The van der Waals surface area contributed by atoms with Crippen molar-refractivity contribution in [1.29, 1.82) is 0 Å². The SMILES string of the molecule is CC(C)CC(C(=O)N(C)C(COCc1ccccc1)C(=O)O)N(C)C(=O)OC(C)(C)C. The number of carboxylic acid groups (broad SMARTS) is 1. The van der Waals surface area contributed by atoms with Gasteiger partial charge in [0, 0.05) is 14.1 Å². The van der Waals surface area contributed by atoms with Crippen LogP contribution in [0.5, 0.6) is 0 Å². The average molecular weight is 437 g/mol. The number of carbonyl (C=O) groups excluding carboxylic acids is 2. The van der Waals surface area contributed by atoms with E-state index in [4.69, 9.17) is 9.47 Å². The van der Waals surface area contributed by atoms with Gasteiger partial charge in [0.2, 0.25) is 5.91 Å². The molecule has 0 saturated carbocycles. The smallest absolute Gasteiger partial charge is 0.410 e. The zero-order chi connectivity index (χ0) is 23.8. The summed E-state index contributed by atoms with van der Waals surface area (Å²) < 4.78 is 11.0. The molecule has 2 amide bonds. The van der Waals surface area contributed by atoms with Crippen LogP contribution in [0.3, 0.4) is 0 Å². The van der Waals surface area contributed by atoms with Crippen LogP contribution in [-0.2, 0) is 25.7 Å². The number of rotatable bonds is 10. The van der Waals surface area contributed by atoms with Gasteiger partial charge in [-0.1, -0.05) is 44.2 Å². The van der Waals surface area contributed by atoms with E-state index in [0.29, 0.717) is 6.42 Å². The Morgan fingerprint density at radius 2 is 1.58 bits per heavy atom. The van der Waals surface area contributed by atoms with Crippen molar-refractivity contribution >= 4 is 18.0 Å². The number of nitrogens with zero attached hydrogens (tertiary/aromatic N) is 2. The first-order valence-electron chi connectivity index (χ1n) is 10.4. The molecule has 0 aliphatic carbocycles. The second kappa shape index (κ2) is 11.7. The maximum Gasteiger partial charge on any atom is 0.410 e. The predicted molar refractivity (Wildman–Crippen MR) is 118 cm³/mol. The predicted octanol–water partition coefficient (Wildman–Crippen LogP) is 3.40. The van der Waals surface area contributed by atoms with Crippen LogP contribution >= 0.6 is 0 Å². The van der Waals surface area contributed by atoms with E-state index >= 15 is 0 Å². The van der Waals surface area contributed by atoms with E-state index < -0.39 is 35.7 Å². The zero-order valence-corrected chi connectivity index (χ0v) is 19.6. The minimum atomic E-state index is -1.18. The van der Waals surface area contributed by atoms with Gasteiger partial charge >= 0.3 is 12.1 Å². The molecular formula is C23H36N2O6. The summed E-state index contributed by atoms with van der Waals surface area (Å²) in [7, 11) is 2.91. The summed E-state index contributed by atoms with van der Waals surface area (Å²) in [6.45, 7) is 9.16. The molecule has 0 aromatic heterocycles. The lowest BCUT2D eigenvalue weighted by molar-refractivity contribution is -0.154. The highest BCUT2D eigenvalue weighted by Gasteiger charge is 2.36. The third kappa shape index (κ3) is 8.96. The van der Waals surface area contributed by atoms with Crippen molar-refractivity contribution in [2.75, 3.05) is 20.7 Å². The van der Waals surface area contributed by atoms with Crippen LogP contribution in [0.15, 0.2) is 30.3 Å². The Hall–Kier alpha value is -2.61. The number of benzene rings is 1. The van der Waals surface area contributed by atoms with Crippen LogP contribution < -0.4 is 0 Å². The van der Waals surface area contributed by atoms with Gasteiger partial charge in [-0.05, 0) is 38.7 Å². The molecular weight excluding hydrogens is 400 g/mol. The summed E-state index contributed by atoms with van der Waals surface area (Å²) in [4.78, 5) is 40.0. The van der Waals surface area contributed by atoms with Crippen LogP contribution in [-0.4, -0.2) is 71.3 Å². The Bertz CT molecular complexity index is 729. The second-order valence-electron chi connectivity index (χ2n) is 9.04. The monoisotopic (exact) mass is 436 g/mol. The molecule has 8 nitrogen and oxygen atoms in total. The Morgan fingerprint density at radius 1 is 1.00 bits per heavy atom. The number of carboxylic acids is 1. The molecule has 2 atom stereocenters. The summed E-state index contributed by atoms with van der Waals surface area (Å²) in [6, 6.07) is 7.33. The van der Waals surface area contributed by atoms with Gasteiger partial charge in [-0.15, -0.1) is 0 Å². The Labute approximate surface area is 185 Å². The Balaban J connectivity index is 2.92. The number of ether oxygens (including phenoxy) is 2. The summed E-state index contributed by atoms with van der Waals surface area (Å²) in [5.41, 5.74) is 0.195. The molecule has 174 valence electrons. The molecule has 1 rings (SSSR count). The van der Waals surface area contributed by atoms with Crippen molar-refractivity contribution in [2.45, 2.75) is 65.3 Å². The first kappa shape index (κ1) is 26.4. The van der Waals surface area contributed by atoms with E-state index in [-0.39, 0.29) is 19.1 Å². The molecule has 0 bridgehead atoms. The second-order valence-corrected chi connectivity index (χ2v) is 9.04. The van der Waals surface area contributed by atoms with Gasteiger partial charge in [-0.2, -0.15) is 0 Å². The van der Waals surface area contributed by atoms with Crippen molar-refractivity contribution in [2.24, 2.45) is 5.92 Å². The quantitative estimate of drug-likeness (QED) is 0.604. The van der Waals surface area contributed by atoms with Crippen molar-refractivity contribution in [3.8, 4) is 0 Å². The van der Waals surface area contributed by atoms with Crippen LogP contribution in [0.2, 0.25) is 0 Å². The van der Waals surface area contributed by atoms with E-state index in [1.54, 1.807) is 20.8 Å². The first-order chi connectivity index (χ1) is 14.3. The van der Waals surface area contributed by atoms with E-state index in [9.17, 15) is 19.5 Å². The number of amides is 2. The van der Waals surface area contributed by atoms with Gasteiger partial charge in [-0.3, -0.25) is 9.69 Å². The highest BCUT2D eigenvalue weighted by molar-refractivity contribution is 5.89. The van der Waals surface area contributed by atoms with Crippen LogP contribution in [0.4, 0.5) is 4.79 Å². The number of hydrogen-bond acceptors (Lipinski definition) is 5. The van der Waals surface area contributed by atoms with Gasteiger partial charge < -0.3 is 19.5 Å². The maximum atomic E-state index is 13.2. The third-order valence-electron chi connectivity index (χ3n) is 4.62. The third-order valence-corrected chi connectivity index (χ3v) is 4.62. The van der Waals surface area contributed by atoms with Gasteiger partial charge in [0.1, 0.15) is 11.6 Å². The molecule has 0 spiro atoms. The molecule has 0 aliphatic rings. The molecule has 0 fully saturated rings. The fourth-order valence-corrected chi connectivity index (χ4v) is 2.93. The number of aliphatic carboxylic acids is 1. The van der Waals surface area contributed by atoms with Crippen molar-refractivity contribution in [1.82, 2.24) is 9.80 Å². The van der Waals surface area contributed by atoms with Gasteiger partial charge in [0.25, 0.3) is 0 Å². The first-order valence-corrected chi connectivity index (χ1v) is 10.4. The van der Waals surface area contributed by atoms with Crippen LogP contribution in [0, 0.1) is 5.92 Å². The lowest BCUT2D eigenvalue weighted by atomic mass is 10.0. The molecule has 8 heteroatoms. The topological polar surface area (TPSA) is 96.4 Å². The number of carbonyl (C=O) groups is 3. The van der Waals surface area contributed by atoms with Crippen LogP contribution in [0.25, 0.3) is 0 Å². The van der Waals surface area contributed by atoms with Crippen molar-refractivity contribution < 1.29 is 29.0 Å². The summed E-state index contributed by atoms with van der Waals surface area (Å²) >= 11 is 0. The van der Waals surface area contributed by atoms with Gasteiger partial charge in [-0.25, -0.2) is 9.59 Å². The zero-order valence-electron chi connectivity index (χ0n) is 19.6. The molecule has 0 heterocycles. The van der Waals surface area contributed by atoms with E-state index in [1.165, 1.54) is 19.0 Å². The molecule has 1 aromatic carbocycles. The van der Waals surface area contributed by atoms with E-state index in [1.807, 2.05) is 44.2 Å². The summed E-state index contributed by atoms with van der Waals surface area (Å²) in [5.74, 6) is -1.55. The maximum absolute atomic E-state index is 13.2. The largest absolute Gasteiger partial charge is 0.480 e.